The zero-order valence-electron chi connectivity index (χ0n) is 11.3. The first-order valence-corrected chi connectivity index (χ1v) is 7.26. The number of nitrogens with zero attached hydrogens (tertiary/aromatic N) is 1. The molecule has 1 heterocycles. The average molecular weight is 324 g/mol. The van der Waals surface area contributed by atoms with Crippen molar-refractivity contribution in [1.82, 2.24) is 10.3 Å². The maximum absolute atomic E-state index is 11.8. The van der Waals surface area contributed by atoms with Crippen LogP contribution in [0.15, 0.2) is 42.7 Å². The van der Waals surface area contributed by atoms with Crippen LogP contribution in [-0.4, -0.2) is 17.4 Å². The molecule has 21 heavy (non-hydrogen) atoms. The summed E-state index contributed by atoms with van der Waals surface area (Å²) in [5, 5.41) is 6.76. The van der Waals surface area contributed by atoms with Gasteiger partial charge < -0.3 is 10.6 Å². The van der Waals surface area contributed by atoms with Crippen LogP contribution >= 0.6 is 23.2 Å². The Hall–Kier alpha value is -1.62. The molecular weight excluding hydrogens is 309 g/mol. The number of halogens is 2. The minimum absolute atomic E-state index is 0.135. The molecule has 1 aromatic carbocycles. The lowest BCUT2D eigenvalue weighted by molar-refractivity contribution is -0.116. The fourth-order valence-corrected chi connectivity index (χ4v) is 2.25. The molecule has 0 aliphatic rings. The summed E-state index contributed by atoms with van der Waals surface area (Å²) in [6.07, 6.45) is 3.85. The standard InChI is InChI=1S/C15H15Cl2N3O/c16-12-4-1-5-13(17)15(12)20-14(21)6-8-19-10-11-3-2-7-18-9-11/h1-5,7,9,19H,6,8,10H2,(H,20,21). The Morgan fingerprint density at radius 3 is 2.57 bits per heavy atom. The number of hydrogen-bond donors (Lipinski definition) is 2. The van der Waals surface area contributed by atoms with E-state index in [1.165, 1.54) is 0 Å². The second-order valence-electron chi connectivity index (χ2n) is 4.43. The molecule has 0 atom stereocenters. The topological polar surface area (TPSA) is 54.0 Å². The monoisotopic (exact) mass is 323 g/mol. The van der Waals surface area contributed by atoms with Crippen LogP contribution in [0, 0.1) is 0 Å². The Labute approximate surface area is 133 Å². The quantitative estimate of drug-likeness (QED) is 0.800. The molecule has 0 saturated heterocycles. The van der Waals surface area contributed by atoms with E-state index in [-0.39, 0.29) is 5.91 Å². The van der Waals surface area contributed by atoms with Crippen LogP contribution in [0.3, 0.4) is 0 Å². The number of anilines is 1. The van der Waals surface area contributed by atoms with Gasteiger partial charge in [-0.15, -0.1) is 0 Å². The summed E-state index contributed by atoms with van der Waals surface area (Å²) in [6.45, 7) is 1.23. The minimum Gasteiger partial charge on any atom is -0.324 e. The Bertz CT molecular complexity index is 585. The normalized spacial score (nSPS) is 10.4. The van der Waals surface area contributed by atoms with Gasteiger partial charge in [0.25, 0.3) is 0 Å². The second kappa shape index (κ2) is 7.98. The second-order valence-corrected chi connectivity index (χ2v) is 5.25. The molecule has 0 bridgehead atoms. The highest BCUT2D eigenvalue weighted by Gasteiger charge is 2.09. The van der Waals surface area contributed by atoms with Gasteiger partial charge >= 0.3 is 0 Å². The molecule has 0 aliphatic carbocycles. The molecule has 6 heteroatoms. The third-order valence-corrected chi connectivity index (χ3v) is 3.44. The fourth-order valence-electron chi connectivity index (χ4n) is 1.76. The van der Waals surface area contributed by atoms with Crippen LogP contribution < -0.4 is 10.6 Å². The van der Waals surface area contributed by atoms with Crippen LogP contribution in [0.5, 0.6) is 0 Å². The molecule has 1 aromatic heterocycles. The highest BCUT2D eigenvalue weighted by molar-refractivity contribution is 6.39. The van der Waals surface area contributed by atoms with Crippen LogP contribution in [0.1, 0.15) is 12.0 Å². The lowest BCUT2D eigenvalue weighted by Gasteiger charge is -2.09. The van der Waals surface area contributed by atoms with E-state index in [9.17, 15) is 4.79 Å². The Morgan fingerprint density at radius 2 is 1.90 bits per heavy atom. The molecule has 0 unspecified atom stereocenters. The third-order valence-electron chi connectivity index (χ3n) is 2.81. The van der Waals surface area contributed by atoms with Gasteiger partial charge in [-0.3, -0.25) is 9.78 Å². The number of amides is 1. The van der Waals surface area contributed by atoms with Crippen LogP contribution in [0.2, 0.25) is 10.0 Å². The summed E-state index contributed by atoms with van der Waals surface area (Å²) in [5.41, 5.74) is 1.53. The highest BCUT2D eigenvalue weighted by atomic mass is 35.5. The maximum Gasteiger partial charge on any atom is 0.225 e. The average Bonchev–Trinajstić information content (AvgIpc) is 2.49. The van der Waals surface area contributed by atoms with Crippen molar-refractivity contribution >= 4 is 34.8 Å². The summed E-state index contributed by atoms with van der Waals surface area (Å²) in [5.74, 6) is -0.135. The van der Waals surface area contributed by atoms with Crippen molar-refractivity contribution in [3.8, 4) is 0 Å². The van der Waals surface area contributed by atoms with Gasteiger partial charge in [0, 0.05) is 31.9 Å². The molecule has 2 rings (SSSR count). The van der Waals surface area contributed by atoms with E-state index in [1.807, 2.05) is 12.1 Å². The molecule has 2 aromatic rings. The third kappa shape index (κ3) is 5.01. The van der Waals surface area contributed by atoms with Gasteiger partial charge in [0.1, 0.15) is 0 Å². The summed E-state index contributed by atoms with van der Waals surface area (Å²) < 4.78 is 0. The molecule has 1 amide bonds. The number of nitrogens with one attached hydrogen (secondary N) is 2. The van der Waals surface area contributed by atoms with Crippen molar-refractivity contribution < 1.29 is 4.79 Å². The molecule has 0 radical (unpaired) electrons. The smallest absolute Gasteiger partial charge is 0.225 e. The Morgan fingerprint density at radius 1 is 1.14 bits per heavy atom. The van der Waals surface area contributed by atoms with Crippen molar-refractivity contribution in [2.75, 3.05) is 11.9 Å². The summed E-state index contributed by atoms with van der Waals surface area (Å²) in [4.78, 5) is 15.9. The zero-order chi connectivity index (χ0) is 15.1. The molecular formula is C15H15Cl2N3O. The van der Waals surface area contributed by atoms with E-state index in [0.29, 0.717) is 35.2 Å². The molecule has 110 valence electrons. The summed E-state index contributed by atoms with van der Waals surface area (Å²) >= 11 is 12.0. The number of para-hydroxylation sites is 1. The van der Waals surface area contributed by atoms with Crippen LogP contribution in [0.4, 0.5) is 5.69 Å². The predicted octanol–water partition coefficient (Wildman–Crippen LogP) is 3.51. The van der Waals surface area contributed by atoms with E-state index in [0.717, 1.165) is 5.56 Å². The van der Waals surface area contributed by atoms with E-state index in [2.05, 4.69) is 15.6 Å². The summed E-state index contributed by atoms with van der Waals surface area (Å²) in [7, 11) is 0. The van der Waals surface area contributed by atoms with Gasteiger partial charge in [-0.25, -0.2) is 0 Å². The number of pyridine rings is 1. The molecule has 4 nitrogen and oxygen atoms in total. The lowest BCUT2D eigenvalue weighted by Crippen LogP contribution is -2.21. The van der Waals surface area contributed by atoms with E-state index in [1.54, 1.807) is 30.6 Å². The number of rotatable bonds is 6. The number of carbonyl (C=O) groups excluding carboxylic acids is 1. The van der Waals surface area contributed by atoms with Gasteiger partial charge in [-0.2, -0.15) is 0 Å². The zero-order valence-corrected chi connectivity index (χ0v) is 12.8. The van der Waals surface area contributed by atoms with Gasteiger partial charge in [-0.05, 0) is 23.8 Å². The first kappa shape index (κ1) is 15.8. The number of aromatic nitrogens is 1. The largest absolute Gasteiger partial charge is 0.324 e. The number of hydrogen-bond acceptors (Lipinski definition) is 3. The van der Waals surface area contributed by atoms with Crippen molar-refractivity contribution in [2.24, 2.45) is 0 Å². The van der Waals surface area contributed by atoms with Crippen molar-refractivity contribution in [3.63, 3.8) is 0 Å². The molecule has 2 N–H and O–H groups in total. The maximum atomic E-state index is 11.8. The molecule has 0 aliphatic heterocycles. The van der Waals surface area contributed by atoms with E-state index in [4.69, 9.17) is 23.2 Å². The molecule has 0 saturated carbocycles. The Balaban J connectivity index is 1.75. The van der Waals surface area contributed by atoms with E-state index < -0.39 is 0 Å². The van der Waals surface area contributed by atoms with Gasteiger partial charge in [-0.1, -0.05) is 35.3 Å². The highest BCUT2D eigenvalue weighted by Crippen LogP contribution is 2.29. The molecule has 0 spiro atoms. The fraction of sp³-hybridized carbons (Fsp3) is 0.200. The van der Waals surface area contributed by atoms with Crippen molar-refractivity contribution in [2.45, 2.75) is 13.0 Å². The number of benzene rings is 1. The van der Waals surface area contributed by atoms with Crippen molar-refractivity contribution in [3.05, 3.63) is 58.3 Å². The minimum atomic E-state index is -0.135. The van der Waals surface area contributed by atoms with Gasteiger partial charge in [0.15, 0.2) is 0 Å². The number of carbonyl (C=O) groups is 1. The van der Waals surface area contributed by atoms with E-state index >= 15 is 0 Å². The SMILES string of the molecule is O=C(CCNCc1cccnc1)Nc1c(Cl)cccc1Cl. The predicted molar refractivity (Wildman–Crippen MR) is 85.7 cm³/mol. The first-order chi connectivity index (χ1) is 10.2. The van der Waals surface area contributed by atoms with Crippen LogP contribution in [-0.2, 0) is 11.3 Å². The van der Waals surface area contributed by atoms with Crippen molar-refractivity contribution in [1.29, 1.82) is 0 Å². The van der Waals surface area contributed by atoms with Gasteiger partial charge in [0.05, 0.1) is 15.7 Å². The van der Waals surface area contributed by atoms with Crippen LogP contribution in [0.25, 0.3) is 0 Å². The molecule has 0 fully saturated rings. The first-order valence-electron chi connectivity index (χ1n) is 6.50. The summed E-state index contributed by atoms with van der Waals surface area (Å²) in [6, 6.07) is 8.95. The lowest BCUT2D eigenvalue weighted by atomic mass is 10.2. The Kier molecular flexibility index (Phi) is 5.99. The van der Waals surface area contributed by atoms with Gasteiger partial charge in [0.2, 0.25) is 5.91 Å².